The third kappa shape index (κ3) is 3.07. The van der Waals surface area contributed by atoms with Crippen LogP contribution in [0.4, 0.5) is 10.5 Å². The van der Waals surface area contributed by atoms with Crippen LogP contribution in [-0.4, -0.2) is 35.1 Å². The normalized spacial score (nSPS) is 14.6. The predicted octanol–water partition coefficient (Wildman–Crippen LogP) is 3.16. The number of amides is 2. The summed E-state index contributed by atoms with van der Waals surface area (Å²) in [5.41, 5.74) is 0.612. The quantitative estimate of drug-likeness (QED) is 0.896. The van der Waals surface area contributed by atoms with Crippen LogP contribution in [0, 0.1) is 0 Å². The Kier molecular flexibility index (Phi) is 4.09. The number of nitrogens with zero attached hydrogens (tertiary/aromatic N) is 1. The smallest absolute Gasteiger partial charge is 0.335 e. The van der Waals surface area contributed by atoms with Crippen LogP contribution in [0.3, 0.4) is 0 Å². The van der Waals surface area contributed by atoms with Crippen LogP contribution in [0.5, 0.6) is 0 Å². The van der Waals surface area contributed by atoms with Crippen molar-refractivity contribution in [2.24, 2.45) is 0 Å². The molecule has 1 aliphatic carbocycles. The van der Waals surface area contributed by atoms with Gasteiger partial charge in [-0.2, -0.15) is 0 Å². The van der Waals surface area contributed by atoms with Crippen LogP contribution in [0.1, 0.15) is 29.6 Å². The second kappa shape index (κ2) is 5.61. The minimum absolute atomic E-state index is 0.143. The molecule has 1 aromatic rings. The Morgan fingerprint density at radius 2 is 2.11 bits per heavy atom. The first-order valence-electron chi connectivity index (χ1n) is 6.05. The average molecular weight is 327 g/mol. The van der Waals surface area contributed by atoms with Crippen LogP contribution in [0.25, 0.3) is 0 Å². The summed E-state index contributed by atoms with van der Waals surface area (Å²) in [5, 5.41) is 11.7. The third-order valence-electron chi connectivity index (χ3n) is 3.40. The first-order chi connectivity index (χ1) is 8.99. The van der Waals surface area contributed by atoms with E-state index in [0.29, 0.717) is 16.2 Å². The van der Waals surface area contributed by atoms with Crippen LogP contribution in [0.2, 0.25) is 0 Å². The van der Waals surface area contributed by atoms with E-state index in [4.69, 9.17) is 5.11 Å². The van der Waals surface area contributed by atoms with Crippen molar-refractivity contribution in [1.29, 1.82) is 0 Å². The number of benzene rings is 1. The van der Waals surface area contributed by atoms with Crippen molar-refractivity contribution in [1.82, 2.24) is 4.90 Å². The van der Waals surface area contributed by atoms with Gasteiger partial charge in [0, 0.05) is 17.6 Å². The Hall–Kier alpha value is -1.56. The van der Waals surface area contributed by atoms with E-state index in [1.165, 1.54) is 12.1 Å². The summed E-state index contributed by atoms with van der Waals surface area (Å²) in [5.74, 6) is -1.02. The summed E-state index contributed by atoms with van der Waals surface area (Å²) in [4.78, 5) is 24.6. The molecule has 0 unspecified atom stereocenters. The molecule has 5 nitrogen and oxygen atoms in total. The highest BCUT2D eigenvalue weighted by molar-refractivity contribution is 9.10. The van der Waals surface area contributed by atoms with Gasteiger partial charge in [0.05, 0.1) is 11.3 Å². The molecule has 2 amide bonds. The van der Waals surface area contributed by atoms with Gasteiger partial charge in [0.2, 0.25) is 0 Å². The standard InChI is InChI=1S/C13H15BrN2O3/c1-16(9-3-2-4-9)13(19)15-11-7-8(12(17)18)5-6-10(11)14/h5-7,9H,2-4H2,1H3,(H,15,19)(H,17,18). The Morgan fingerprint density at radius 1 is 1.42 bits per heavy atom. The van der Waals surface area contributed by atoms with Crippen LogP contribution in [0.15, 0.2) is 22.7 Å². The third-order valence-corrected chi connectivity index (χ3v) is 4.09. The Balaban J connectivity index is 2.11. The molecular formula is C13H15BrN2O3. The number of halogens is 1. The number of carbonyl (C=O) groups is 2. The minimum Gasteiger partial charge on any atom is -0.478 e. The lowest BCUT2D eigenvalue weighted by Crippen LogP contribution is -2.43. The van der Waals surface area contributed by atoms with Gasteiger partial charge < -0.3 is 15.3 Å². The second-order valence-corrected chi connectivity index (χ2v) is 5.48. The molecule has 102 valence electrons. The molecule has 1 aromatic carbocycles. The Bertz CT molecular complexity index is 515. The molecule has 0 atom stereocenters. The molecule has 19 heavy (non-hydrogen) atoms. The van der Waals surface area contributed by atoms with E-state index in [1.54, 1.807) is 18.0 Å². The highest BCUT2D eigenvalue weighted by atomic mass is 79.9. The van der Waals surface area contributed by atoms with E-state index in [1.807, 2.05) is 0 Å². The van der Waals surface area contributed by atoms with Gasteiger partial charge in [0.25, 0.3) is 0 Å². The molecule has 2 N–H and O–H groups in total. The summed E-state index contributed by atoms with van der Waals surface area (Å²) in [6.07, 6.45) is 3.21. The van der Waals surface area contributed by atoms with Crippen molar-refractivity contribution in [2.45, 2.75) is 25.3 Å². The van der Waals surface area contributed by atoms with Crippen molar-refractivity contribution >= 4 is 33.6 Å². The molecular weight excluding hydrogens is 312 g/mol. The lowest BCUT2D eigenvalue weighted by atomic mass is 9.92. The molecule has 6 heteroatoms. The molecule has 2 rings (SSSR count). The van der Waals surface area contributed by atoms with Gasteiger partial charge in [-0.25, -0.2) is 9.59 Å². The largest absolute Gasteiger partial charge is 0.478 e. The van der Waals surface area contributed by atoms with Crippen molar-refractivity contribution in [3.05, 3.63) is 28.2 Å². The van der Waals surface area contributed by atoms with E-state index in [9.17, 15) is 9.59 Å². The first kappa shape index (κ1) is 13.9. The second-order valence-electron chi connectivity index (χ2n) is 4.63. The fourth-order valence-corrected chi connectivity index (χ4v) is 2.24. The molecule has 1 aliphatic rings. The summed E-state index contributed by atoms with van der Waals surface area (Å²) in [6, 6.07) is 4.62. The Labute approximate surface area is 119 Å². The minimum atomic E-state index is -1.02. The van der Waals surface area contributed by atoms with Gasteiger partial charge in [0.1, 0.15) is 0 Å². The van der Waals surface area contributed by atoms with Crippen molar-refractivity contribution in [3.63, 3.8) is 0 Å². The van der Waals surface area contributed by atoms with E-state index < -0.39 is 5.97 Å². The first-order valence-corrected chi connectivity index (χ1v) is 6.85. The number of urea groups is 1. The summed E-state index contributed by atoms with van der Waals surface area (Å²) in [7, 11) is 1.76. The lowest BCUT2D eigenvalue weighted by Gasteiger charge is -2.34. The molecule has 1 saturated carbocycles. The van der Waals surface area contributed by atoms with Gasteiger partial charge in [0.15, 0.2) is 0 Å². The molecule has 0 saturated heterocycles. The maximum absolute atomic E-state index is 12.0. The number of nitrogens with one attached hydrogen (secondary N) is 1. The number of hydrogen-bond donors (Lipinski definition) is 2. The van der Waals surface area contributed by atoms with E-state index in [2.05, 4.69) is 21.2 Å². The molecule has 1 fully saturated rings. The van der Waals surface area contributed by atoms with Gasteiger partial charge in [-0.05, 0) is 53.4 Å². The van der Waals surface area contributed by atoms with Crippen molar-refractivity contribution < 1.29 is 14.7 Å². The SMILES string of the molecule is CN(C(=O)Nc1cc(C(=O)O)ccc1Br)C1CCC1. The number of carboxylic acid groups (broad SMARTS) is 1. The summed E-state index contributed by atoms with van der Waals surface area (Å²) < 4.78 is 0.660. The fourth-order valence-electron chi connectivity index (χ4n) is 1.90. The molecule has 0 radical (unpaired) electrons. The van der Waals surface area contributed by atoms with Crippen LogP contribution in [-0.2, 0) is 0 Å². The summed E-state index contributed by atoms with van der Waals surface area (Å²) >= 11 is 3.30. The number of carbonyl (C=O) groups excluding carboxylic acids is 1. The van der Waals surface area contributed by atoms with E-state index in [-0.39, 0.29) is 11.6 Å². The number of rotatable bonds is 3. The Morgan fingerprint density at radius 3 is 2.63 bits per heavy atom. The number of hydrogen-bond acceptors (Lipinski definition) is 2. The van der Waals surface area contributed by atoms with Gasteiger partial charge in [-0.1, -0.05) is 0 Å². The van der Waals surface area contributed by atoms with E-state index >= 15 is 0 Å². The van der Waals surface area contributed by atoms with Gasteiger partial charge in [-0.3, -0.25) is 0 Å². The van der Waals surface area contributed by atoms with Crippen LogP contribution < -0.4 is 5.32 Å². The monoisotopic (exact) mass is 326 g/mol. The topological polar surface area (TPSA) is 69.6 Å². The number of carboxylic acids is 1. The zero-order valence-electron chi connectivity index (χ0n) is 10.5. The maximum Gasteiger partial charge on any atom is 0.335 e. The molecule has 0 spiro atoms. The highest BCUT2D eigenvalue weighted by Crippen LogP contribution is 2.27. The highest BCUT2D eigenvalue weighted by Gasteiger charge is 2.25. The molecule has 0 bridgehead atoms. The van der Waals surface area contributed by atoms with Crippen molar-refractivity contribution in [3.8, 4) is 0 Å². The molecule has 0 heterocycles. The lowest BCUT2D eigenvalue weighted by molar-refractivity contribution is 0.0697. The van der Waals surface area contributed by atoms with Crippen molar-refractivity contribution in [2.75, 3.05) is 12.4 Å². The van der Waals surface area contributed by atoms with Gasteiger partial charge >= 0.3 is 12.0 Å². The zero-order chi connectivity index (χ0) is 14.0. The maximum atomic E-state index is 12.0. The summed E-state index contributed by atoms with van der Waals surface area (Å²) in [6.45, 7) is 0. The number of aromatic carboxylic acids is 1. The van der Waals surface area contributed by atoms with E-state index in [0.717, 1.165) is 19.3 Å². The molecule has 0 aliphatic heterocycles. The number of anilines is 1. The fraction of sp³-hybridized carbons (Fsp3) is 0.385. The van der Waals surface area contributed by atoms with Crippen LogP contribution >= 0.6 is 15.9 Å². The zero-order valence-corrected chi connectivity index (χ0v) is 12.1. The average Bonchev–Trinajstić information content (AvgIpc) is 2.29. The molecule has 0 aromatic heterocycles. The predicted molar refractivity (Wildman–Crippen MR) is 75.5 cm³/mol. The van der Waals surface area contributed by atoms with Gasteiger partial charge in [-0.15, -0.1) is 0 Å².